The zero-order valence-electron chi connectivity index (χ0n) is 11.1. The molecule has 0 aliphatic rings. The van der Waals surface area contributed by atoms with Gasteiger partial charge in [0.2, 0.25) is 0 Å². The first-order valence-electron chi connectivity index (χ1n) is 6.38. The van der Waals surface area contributed by atoms with Gasteiger partial charge in [-0.1, -0.05) is 25.1 Å². The van der Waals surface area contributed by atoms with E-state index in [0.717, 1.165) is 13.0 Å². The second kappa shape index (κ2) is 5.61. The molecule has 0 fully saturated rings. The first-order chi connectivity index (χ1) is 8.63. The fraction of sp³-hybridized carbons (Fsp3) is 0.400. The minimum atomic E-state index is 0.0193. The molecule has 0 aliphatic heterocycles. The van der Waals surface area contributed by atoms with Crippen LogP contribution in [0.15, 0.2) is 35.4 Å². The third-order valence-corrected chi connectivity index (χ3v) is 4.36. The van der Waals surface area contributed by atoms with Crippen molar-refractivity contribution in [1.82, 2.24) is 4.57 Å². The molecule has 0 saturated heterocycles. The van der Waals surface area contributed by atoms with Crippen molar-refractivity contribution in [3.63, 3.8) is 0 Å². The van der Waals surface area contributed by atoms with Gasteiger partial charge in [-0.3, -0.25) is 4.79 Å². The topological polar surface area (TPSA) is 22.0 Å². The molecule has 0 saturated carbocycles. The van der Waals surface area contributed by atoms with Gasteiger partial charge in [0.25, 0.3) is 0 Å². The summed E-state index contributed by atoms with van der Waals surface area (Å²) in [6.45, 7) is 6.83. The summed E-state index contributed by atoms with van der Waals surface area (Å²) in [6, 6.07) is 8.41. The van der Waals surface area contributed by atoms with Crippen LogP contribution in [0, 0.1) is 0 Å². The Kier molecular flexibility index (Phi) is 4.12. The second-order valence-corrected chi connectivity index (χ2v) is 5.96. The Labute approximate surface area is 112 Å². The lowest BCUT2D eigenvalue weighted by Crippen LogP contribution is -2.07. The molecule has 0 radical (unpaired) electrons. The molecule has 0 bridgehead atoms. The van der Waals surface area contributed by atoms with Gasteiger partial charge >= 0.3 is 0 Å². The summed E-state index contributed by atoms with van der Waals surface area (Å²) in [5.74, 6) is 0.229. The fourth-order valence-corrected chi connectivity index (χ4v) is 3.04. The molecule has 1 atom stereocenters. The van der Waals surface area contributed by atoms with E-state index in [0.29, 0.717) is 0 Å². The lowest BCUT2D eigenvalue weighted by Gasteiger charge is -2.05. The van der Waals surface area contributed by atoms with Gasteiger partial charge in [-0.2, -0.15) is 0 Å². The van der Waals surface area contributed by atoms with E-state index in [1.807, 2.05) is 6.92 Å². The monoisotopic (exact) mass is 261 g/mol. The Morgan fingerprint density at radius 3 is 2.78 bits per heavy atom. The molecule has 18 heavy (non-hydrogen) atoms. The maximum Gasteiger partial charge on any atom is 0.142 e. The molecule has 3 heteroatoms. The Morgan fingerprint density at radius 2 is 2.11 bits per heavy atom. The minimum Gasteiger partial charge on any atom is -0.346 e. The van der Waals surface area contributed by atoms with Gasteiger partial charge in [-0.25, -0.2) is 0 Å². The molecule has 1 heterocycles. The molecule has 2 nitrogen and oxygen atoms in total. The third kappa shape index (κ3) is 2.61. The predicted molar refractivity (Wildman–Crippen MR) is 78.2 cm³/mol. The average molecular weight is 261 g/mol. The van der Waals surface area contributed by atoms with Crippen LogP contribution in [-0.4, -0.2) is 15.6 Å². The first kappa shape index (κ1) is 13.2. The first-order valence-corrected chi connectivity index (χ1v) is 7.26. The molecule has 2 aromatic rings. The molecule has 1 aromatic carbocycles. The van der Waals surface area contributed by atoms with Crippen molar-refractivity contribution in [2.24, 2.45) is 0 Å². The van der Waals surface area contributed by atoms with E-state index < -0.39 is 0 Å². The van der Waals surface area contributed by atoms with Gasteiger partial charge in [-0.05, 0) is 26.3 Å². The summed E-state index contributed by atoms with van der Waals surface area (Å²) in [7, 11) is 0. The van der Waals surface area contributed by atoms with Crippen molar-refractivity contribution in [2.75, 3.05) is 0 Å². The summed E-state index contributed by atoms with van der Waals surface area (Å²) < 4.78 is 2.28. The van der Waals surface area contributed by atoms with Gasteiger partial charge in [-0.15, -0.1) is 11.8 Å². The maximum absolute atomic E-state index is 11.4. The number of carbonyl (C=O) groups excluding carboxylic acids is 1. The Hall–Kier alpha value is -1.22. The molecule has 1 unspecified atom stereocenters. The molecule has 0 N–H and O–H groups in total. The second-order valence-electron chi connectivity index (χ2n) is 4.57. The number of nitrogens with zero attached hydrogens (tertiary/aromatic N) is 1. The van der Waals surface area contributed by atoms with Gasteiger partial charge in [0, 0.05) is 28.5 Å². The van der Waals surface area contributed by atoms with Crippen LogP contribution in [0.2, 0.25) is 0 Å². The van der Waals surface area contributed by atoms with Crippen molar-refractivity contribution in [3.05, 3.63) is 30.5 Å². The molecule has 0 amide bonds. The number of aryl methyl sites for hydroxylation is 1. The number of carbonyl (C=O) groups is 1. The van der Waals surface area contributed by atoms with Crippen LogP contribution < -0.4 is 0 Å². The lowest BCUT2D eigenvalue weighted by molar-refractivity contribution is -0.116. The van der Waals surface area contributed by atoms with E-state index in [1.165, 1.54) is 15.8 Å². The number of Topliss-reactive ketones (excluding diaryl/α,β-unsaturated/α-hetero) is 1. The summed E-state index contributed by atoms with van der Waals surface area (Å²) in [5, 5.41) is 1.27. The Balaban J connectivity index is 2.41. The van der Waals surface area contributed by atoms with Gasteiger partial charge in [0.15, 0.2) is 0 Å². The van der Waals surface area contributed by atoms with E-state index in [2.05, 4.69) is 42.0 Å². The lowest BCUT2D eigenvalue weighted by atomic mass is 10.2. The van der Waals surface area contributed by atoms with E-state index in [-0.39, 0.29) is 11.0 Å². The van der Waals surface area contributed by atoms with Crippen molar-refractivity contribution < 1.29 is 4.79 Å². The number of aromatic nitrogens is 1. The van der Waals surface area contributed by atoms with E-state index in [9.17, 15) is 4.79 Å². The van der Waals surface area contributed by atoms with Crippen molar-refractivity contribution in [2.45, 2.75) is 43.9 Å². The molecule has 2 rings (SSSR count). The average Bonchev–Trinajstić information content (AvgIpc) is 2.69. The van der Waals surface area contributed by atoms with Crippen LogP contribution in [-0.2, 0) is 11.3 Å². The van der Waals surface area contributed by atoms with Crippen LogP contribution in [0.5, 0.6) is 0 Å². The fourth-order valence-electron chi connectivity index (χ4n) is 2.01. The normalized spacial score (nSPS) is 12.8. The number of hydrogen-bond acceptors (Lipinski definition) is 2. The highest BCUT2D eigenvalue weighted by Crippen LogP contribution is 2.32. The highest BCUT2D eigenvalue weighted by atomic mass is 32.2. The van der Waals surface area contributed by atoms with E-state index >= 15 is 0 Å². The molecule has 96 valence electrons. The third-order valence-electron chi connectivity index (χ3n) is 3.09. The van der Waals surface area contributed by atoms with Gasteiger partial charge in [0.1, 0.15) is 5.78 Å². The zero-order valence-corrected chi connectivity index (χ0v) is 12.0. The van der Waals surface area contributed by atoms with Crippen LogP contribution >= 0.6 is 11.8 Å². The van der Waals surface area contributed by atoms with Crippen LogP contribution in [0.4, 0.5) is 0 Å². The number of thioether (sulfide) groups is 1. The largest absolute Gasteiger partial charge is 0.346 e. The Morgan fingerprint density at radius 1 is 1.39 bits per heavy atom. The number of rotatable bonds is 5. The van der Waals surface area contributed by atoms with Crippen molar-refractivity contribution in [1.29, 1.82) is 0 Å². The van der Waals surface area contributed by atoms with Crippen molar-refractivity contribution in [3.8, 4) is 0 Å². The number of hydrogen-bond donors (Lipinski definition) is 0. The summed E-state index contributed by atoms with van der Waals surface area (Å²) in [6.07, 6.45) is 3.29. The maximum atomic E-state index is 11.4. The SMILES string of the molecule is CCCn1cc(SC(C)C(C)=O)c2ccccc21. The van der Waals surface area contributed by atoms with Gasteiger partial charge < -0.3 is 4.57 Å². The van der Waals surface area contributed by atoms with Crippen molar-refractivity contribution >= 4 is 28.4 Å². The highest BCUT2D eigenvalue weighted by Gasteiger charge is 2.14. The molecule has 0 spiro atoms. The number of para-hydroxylation sites is 1. The highest BCUT2D eigenvalue weighted by molar-refractivity contribution is 8.00. The number of ketones is 1. The number of benzene rings is 1. The summed E-state index contributed by atoms with van der Waals surface area (Å²) >= 11 is 1.66. The van der Waals surface area contributed by atoms with Crippen LogP contribution in [0.3, 0.4) is 0 Å². The molecule has 0 aliphatic carbocycles. The quantitative estimate of drug-likeness (QED) is 0.755. The summed E-state index contributed by atoms with van der Waals surface area (Å²) in [5.41, 5.74) is 1.26. The predicted octanol–water partition coefficient (Wildman–Crippen LogP) is 4.12. The van der Waals surface area contributed by atoms with E-state index in [4.69, 9.17) is 0 Å². The molecule has 1 aromatic heterocycles. The smallest absolute Gasteiger partial charge is 0.142 e. The van der Waals surface area contributed by atoms with Crippen LogP contribution in [0.1, 0.15) is 27.2 Å². The number of fused-ring (bicyclic) bond motifs is 1. The molecular weight excluding hydrogens is 242 g/mol. The molecular formula is C15H19NOS. The van der Waals surface area contributed by atoms with E-state index in [1.54, 1.807) is 18.7 Å². The minimum absolute atomic E-state index is 0.0193. The summed E-state index contributed by atoms with van der Waals surface area (Å²) in [4.78, 5) is 12.6. The standard InChI is InChI=1S/C15H19NOS/c1-4-9-16-10-15(18-12(3)11(2)17)13-7-5-6-8-14(13)16/h5-8,10,12H,4,9H2,1-3H3. The zero-order chi connectivity index (χ0) is 13.1. The van der Waals surface area contributed by atoms with Gasteiger partial charge in [0.05, 0.1) is 5.25 Å². The van der Waals surface area contributed by atoms with Crippen LogP contribution in [0.25, 0.3) is 10.9 Å². The Bertz CT molecular complexity index is 559.